The van der Waals surface area contributed by atoms with Gasteiger partial charge >= 0.3 is 0 Å². The molecule has 1 heterocycles. The molecule has 0 saturated heterocycles. The van der Waals surface area contributed by atoms with Crippen LogP contribution >= 0.6 is 0 Å². The van der Waals surface area contributed by atoms with Gasteiger partial charge < -0.3 is 19.9 Å². The molecule has 2 N–H and O–H groups in total. The van der Waals surface area contributed by atoms with E-state index in [-0.39, 0.29) is 12.2 Å². The van der Waals surface area contributed by atoms with Gasteiger partial charge in [-0.15, -0.1) is 0 Å². The van der Waals surface area contributed by atoms with Crippen LogP contribution in [0.2, 0.25) is 0 Å². The molecular formula is C17H25NO3. The molecule has 1 saturated carbocycles. The summed E-state index contributed by atoms with van der Waals surface area (Å²) in [6, 6.07) is 8.78. The first kappa shape index (κ1) is 14.8. The number of aliphatic hydroxyl groups is 1. The van der Waals surface area contributed by atoms with Crippen molar-refractivity contribution in [2.75, 3.05) is 26.4 Å². The van der Waals surface area contributed by atoms with Crippen LogP contribution in [0.1, 0.15) is 43.7 Å². The van der Waals surface area contributed by atoms with Gasteiger partial charge in [0.05, 0.1) is 13.2 Å². The second-order valence-electron chi connectivity index (χ2n) is 6.08. The Morgan fingerprint density at radius 1 is 1.29 bits per heavy atom. The van der Waals surface area contributed by atoms with E-state index in [4.69, 9.17) is 14.6 Å². The minimum Gasteiger partial charge on any atom is -0.487 e. The lowest BCUT2D eigenvalue weighted by Crippen LogP contribution is -2.49. The van der Waals surface area contributed by atoms with Gasteiger partial charge in [0.1, 0.15) is 11.4 Å². The third-order valence-corrected chi connectivity index (χ3v) is 4.55. The fourth-order valence-electron chi connectivity index (χ4n) is 3.29. The van der Waals surface area contributed by atoms with Gasteiger partial charge in [0.25, 0.3) is 0 Å². The van der Waals surface area contributed by atoms with Gasteiger partial charge in [-0.05, 0) is 38.3 Å². The predicted molar refractivity (Wildman–Crippen MR) is 81.5 cm³/mol. The average molecular weight is 291 g/mol. The van der Waals surface area contributed by atoms with Gasteiger partial charge in [-0.1, -0.05) is 18.2 Å². The maximum atomic E-state index is 8.67. The van der Waals surface area contributed by atoms with E-state index >= 15 is 0 Å². The third-order valence-electron chi connectivity index (χ3n) is 4.55. The molecule has 21 heavy (non-hydrogen) atoms. The molecule has 2 aliphatic rings. The summed E-state index contributed by atoms with van der Waals surface area (Å²) >= 11 is 0. The van der Waals surface area contributed by atoms with Crippen LogP contribution in [0.25, 0.3) is 0 Å². The van der Waals surface area contributed by atoms with Crippen LogP contribution in [0.5, 0.6) is 5.75 Å². The third kappa shape index (κ3) is 3.39. The number of nitrogens with one attached hydrogen (secondary N) is 1. The van der Waals surface area contributed by atoms with Crippen molar-refractivity contribution in [2.24, 2.45) is 0 Å². The number of rotatable bonds is 7. The smallest absolute Gasteiger partial charge is 0.124 e. The highest BCUT2D eigenvalue weighted by Crippen LogP contribution is 2.48. The van der Waals surface area contributed by atoms with Crippen molar-refractivity contribution in [1.29, 1.82) is 0 Å². The number of aliphatic hydroxyl groups excluding tert-OH is 1. The highest BCUT2D eigenvalue weighted by atomic mass is 16.5. The van der Waals surface area contributed by atoms with Crippen LogP contribution in [0, 0.1) is 0 Å². The largest absolute Gasteiger partial charge is 0.487 e. The average Bonchev–Trinajstić information content (AvgIpc) is 2.49. The molecule has 0 aromatic heterocycles. The summed E-state index contributed by atoms with van der Waals surface area (Å²) in [5, 5.41) is 12.3. The molecule has 1 unspecified atom stereocenters. The van der Waals surface area contributed by atoms with E-state index in [9.17, 15) is 0 Å². The van der Waals surface area contributed by atoms with Gasteiger partial charge in [-0.2, -0.15) is 0 Å². The zero-order valence-electron chi connectivity index (χ0n) is 12.5. The number of para-hydroxylation sites is 1. The molecule has 1 aliphatic carbocycles. The molecule has 1 fully saturated rings. The number of fused-ring (bicyclic) bond motifs is 1. The lowest BCUT2D eigenvalue weighted by molar-refractivity contribution is -0.0370. The molecule has 0 amide bonds. The zero-order chi connectivity index (χ0) is 14.5. The Bertz CT molecular complexity index is 459. The number of hydrogen-bond donors (Lipinski definition) is 2. The fourth-order valence-corrected chi connectivity index (χ4v) is 3.29. The van der Waals surface area contributed by atoms with E-state index < -0.39 is 0 Å². The second-order valence-corrected chi connectivity index (χ2v) is 6.08. The molecule has 0 radical (unpaired) electrons. The standard InChI is InChI=1S/C17H25NO3/c19-10-12-20-11-4-9-18-15-13-17(7-3-8-17)21-16-6-2-1-5-14(15)16/h1-2,5-6,15,18-19H,3-4,7-13H2. The number of ether oxygens (including phenoxy) is 2. The van der Waals surface area contributed by atoms with Crippen LogP contribution in [-0.2, 0) is 4.74 Å². The fraction of sp³-hybridized carbons (Fsp3) is 0.647. The van der Waals surface area contributed by atoms with Gasteiger partial charge in [0, 0.05) is 24.6 Å². The maximum absolute atomic E-state index is 8.67. The van der Waals surface area contributed by atoms with Crippen LogP contribution < -0.4 is 10.1 Å². The Morgan fingerprint density at radius 3 is 2.90 bits per heavy atom. The molecule has 1 aromatic carbocycles. The first-order valence-corrected chi connectivity index (χ1v) is 8.03. The van der Waals surface area contributed by atoms with Crippen molar-refractivity contribution in [3.05, 3.63) is 29.8 Å². The summed E-state index contributed by atoms with van der Waals surface area (Å²) in [5.41, 5.74) is 1.37. The van der Waals surface area contributed by atoms with E-state index in [2.05, 4.69) is 29.6 Å². The van der Waals surface area contributed by atoms with Gasteiger partial charge in [-0.3, -0.25) is 0 Å². The molecule has 4 heteroatoms. The van der Waals surface area contributed by atoms with E-state index in [0.717, 1.165) is 25.1 Å². The summed E-state index contributed by atoms with van der Waals surface area (Å²) in [7, 11) is 0. The minimum atomic E-state index is 0.0827. The lowest BCUT2D eigenvalue weighted by atomic mass is 9.73. The Morgan fingerprint density at radius 2 is 2.14 bits per heavy atom. The molecular weight excluding hydrogens is 266 g/mol. The Kier molecular flexibility index (Phi) is 4.78. The van der Waals surface area contributed by atoms with E-state index in [1.165, 1.54) is 24.8 Å². The van der Waals surface area contributed by atoms with E-state index in [0.29, 0.717) is 19.3 Å². The van der Waals surface area contributed by atoms with Gasteiger partial charge in [0.2, 0.25) is 0 Å². The normalized spacial score (nSPS) is 22.4. The summed E-state index contributed by atoms with van der Waals surface area (Å²) in [6.07, 6.45) is 5.68. The molecule has 1 spiro atoms. The summed E-state index contributed by atoms with van der Waals surface area (Å²) in [4.78, 5) is 0. The van der Waals surface area contributed by atoms with E-state index in [1.807, 2.05) is 0 Å². The summed E-state index contributed by atoms with van der Waals surface area (Å²) in [6.45, 7) is 2.16. The van der Waals surface area contributed by atoms with Crippen molar-refractivity contribution >= 4 is 0 Å². The zero-order valence-corrected chi connectivity index (χ0v) is 12.5. The van der Waals surface area contributed by atoms with Crippen molar-refractivity contribution in [2.45, 2.75) is 43.7 Å². The topological polar surface area (TPSA) is 50.7 Å². The Hall–Kier alpha value is -1.10. The SMILES string of the molecule is OCCOCCCNC1CC2(CCC2)Oc2ccccc21. The summed E-state index contributed by atoms with van der Waals surface area (Å²) < 4.78 is 11.6. The first-order chi connectivity index (χ1) is 10.3. The molecule has 4 nitrogen and oxygen atoms in total. The van der Waals surface area contributed by atoms with Crippen molar-refractivity contribution in [1.82, 2.24) is 5.32 Å². The molecule has 0 bridgehead atoms. The molecule has 1 aliphatic heterocycles. The first-order valence-electron chi connectivity index (χ1n) is 8.03. The van der Waals surface area contributed by atoms with Gasteiger partial charge in [0.15, 0.2) is 0 Å². The van der Waals surface area contributed by atoms with E-state index in [1.54, 1.807) is 0 Å². The van der Waals surface area contributed by atoms with Crippen molar-refractivity contribution in [3.8, 4) is 5.75 Å². The molecule has 1 aromatic rings. The summed E-state index contributed by atoms with van der Waals surface area (Å²) in [5.74, 6) is 1.05. The quantitative estimate of drug-likeness (QED) is 0.758. The van der Waals surface area contributed by atoms with Crippen LogP contribution in [0.15, 0.2) is 24.3 Å². The maximum Gasteiger partial charge on any atom is 0.124 e. The predicted octanol–water partition coefficient (Wildman–Crippen LogP) is 2.42. The Labute approximate surface area is 126 Å². The van der Waals surface area contributed by atoms with Gasteiger partial charge in [-0.25, -0.2) is 0 Å². The number of benzene rings is 1. The van der Waals surface area contributed by atoms with Crippen LogP contribution in [-0.4, -0.2) is 37.1 Å². The van der Waals surface area contributed by atoms with Crippen LogP contribution in [0.3, 0.4) is 0 Å². The second kappa shape index (κ2) is 6.77. The highest BCUT2D eigenvalue weighted by Gasteiger charge is 2.45. The Balaban J connectivity index is 1.56. The number of hydrogen-bond acceptors (Lipinski definition) is 4. The molecule has 3 rings (SSSR count). The molecule has 1 atom stereocenters. The molecule has 116 valence electrons. The van der Waals surface area contributed by atoms with Crippen molar-refractivity contribution in [3.63, 3.8) is 0 Å². The minimum absolute atomic E-state index is 0.0827. The van der Waals surface area contributed by atoms with Crippen LogP contribution in [0.4, 0.5) is 0 Å². The highest BCUT2D eigenvalue weighted by molar-refractivity contribution is 5.39. The monoisotopic (exact) mass is 291 g/mol. The lowest BCUT2D eigenvalue weighted by Gasteiger charge is -2.48. The van der Waals surface area contributed by atoms with Crippen molar-refractivity contribution < 1.29 is 14.6 Å².